The monoisotopic (exact) mass is 278 g/mol. The van der Waals surface area contributed by atoms with Crippen LogP contribution in [-0.2, 0) is 0 Å². The van der Waals surface area contributed by atoms with Gasteiger partial charge in [-0.05, 0) is 35.1 Å². The van der Waals surface area contributed by atoms with Gasteiger partial charge in [-0.15, -0.1) is 0 Å². The summed E-state index contributed by atoms with van der Waals surface area (Å²) in [6, 6.07) is 13.8. The quantitative estimate of drug-likeness (QED) is 0.831. The zero-order valence-corrected chi connectivity index (χ0v) is 10.9. The molecule has 92 valence electrons. The van der Waals surface area contributed by atoms with Crippen LogP contribution in [0.1, 0.15) is 10.4 Å². The highest BCUT2D eigenvalue weighted by atomic mass is 33.1. The molecule has 0 spiro atoms. The third-order valence-corrected chi connectivity index (χ3v) is 4.67. The molecule has 2 N–H and O–H groups in total. The second-order valence-corrected chi connectivity index (χ2v) is 5.65. The van der Waals surface area contributed by atoms with Gasteiger partial charge in [0.2, 0.25) is 0 Å². The first-order chi connectivity index (χ1) is 8.68. The lowest BCUT2D eigenvalue weighted by atomic mass is 10.2. The van der Waals surface area contributed by atoms with Crippen molar-refractivity contribution in [2.75, 3.05) is 0 Å². The summed E-state index contributed by atoms with van der Waals surface area (Å²) in [7, 11) is 2.65. The number of hydrogen-bond acceptors (Lipinski definition) is 4. The van der Waals surface area contributed by atoms with Gasteiger partial charge in [-0.3, -0.25) is 0 Å². The Morgan fingerprint density at radius 2 is 1.44 bits per heavy atom. The number of hydrogen-bond donors (Lipinski definition) is 2. The van der Waals surface area contributed by atoms with E-state index >= 15 is 0 Å². The lowest BCUT2D eigenvalue weighted by Crippen LogP contribution is -1.97. The molecule has 3 nitrogen and oxygen atoms in total. The molecule has 2 aromatic rings. The van der Waals surface area contributed by atoms with Crippen molar-refractivity contribution in [1.29, 1.82) is 0 Å². The molecule has 0 unspecified atom stereocenters. The fourth-order valence-corrected chi connectivity index (χ4v) is 3.58. The molecule has 0 fully saturated rings. The van der Waals surface area contributed by atoms with Gasteiger partial charge in [0.1, 0.15) is 5.75 Å². The molecule has 0 saturated heterocycles. The van der Waals surface area contributed by atoms with Crippen LogP contribution < -0.4 is 0 Å². The van der Waals surface area contributed by atoms with Gasteiger partial charge in [-0.2, -0.15) is 0 Å². The zero-order valence-electron chi connectivity index (χ0n) is 9.24. The molecule has 0 amide bonds. The van der Waals surface area contributed by atoms with Gasteiger partial charge >= 0.3 is 5.97 Å². The van der Waals surface area contributed by atoms with Crippen LogP contribution in [0.25, 0.3) is 0 Å². The number of aromatic carboxylic acids is 1. The van der Waals surface area contributed by atoms with Crippen molar-refractivity contribution in [3.8, 4) is 5.75 Å². The molecule has 0 radical (unpaired) electrons. The van der Waals surface area contributed by atoms with Crippen molar-refractivity contribution in [3.05, 3.63) is 54.1 Å². The molecular weight excluding hydrogens is 268 g/mol. The van der Waals surface area contributed by atoms with E-state index in [0.29, 0.717) is 9.79 Å². The number of phenols is 1. The van der Waals surface area contributed by atoms with Gasteiger partial charge in [0.25, 0.3) is 0 Å². The molecule has 0 bridgehead atoms. The van der Waals surface area contributed by atoms with Gasteiger partial charge in [-0.1, -0.05) is 35.1 Å². The minimum Gasteiger partial charge on any atom is -0.507 e. The number of aromatic hydroxyl groups is 1. The Kier molecular flexibility index (Phi) is 4.17. The highest BCUT2D eigenvalue weighted by molar-refractivity contribution is 8.76. The van der Waals surface area contributed by atoms with Crippen molar-refractivity contribution >= 4 is 27.6 Å². The summed E-state index contributed by atoms with van der Waals surface area (Å²) in [6.45, 7) is 0. The van der Waals surface area contributed by atoms with E-state index in [-0.39, 0.29) is 11.3 Å². The van der Waals surface area contributed by atoms with Crippen molar-refractivity contribution in [1.82, 2.24) is 0 Å². The van der Waals surface area contributed by atoms with E-state index in [1.54, 1.807) is 42.5 Å². The summed E-state index contributed by atoms with van der Waals surface area (Å²) in [4.78, 5) is 12.4. The highest BCUT2D eigenvalue weighted by Gasteiger charge is 2.10. The average Bonchev–Trinajstić information content (AvgIpc) is 2.38. The third-order valence-electron chi connectivity index (χ3n) is 2.20. The van der Waals surface area contributed by atoms with E-state index in [0.717, 1.165) is 0 Å². The Bertz CT molecular complexity index is 570. The molecule has 0 aliphatic carbocycles. The Hall–Kier alpha value is -1.59. The fraction of sp³-hybridized carbons (Fsp3) is 0. The molecule has 2 aromatic carbocycles. The Morgan fingerprint density at radius 1 is 0.889 bits per heavy atom. The SMILES string of the molecule is O=C(O)c1ccccc1SSc1ccccc1O. The first kappa shape index (κ1) is 12.9. The second-order valence-electron chi connectivity index (χ2n) is 3.44. The number of rotatable bonds is 4. The molecule has 2 rings (SSSR count). The van der Waals surface area contributed by atoms with Crippen molar-refractivity contribution in [2.45, 2.75) is 9.79 Å². The number of para-hydroxylation sites is 1. The van der Waals surface area contributed by atoms with Crippen molar-refractivity contribution in [2.24, 2.45) is 0 Å². The number of carboxylic acids is 1. The van der Waals surface area contributed by atoms with Crippen molar-refractivity contribution in [3.63, 3.8) is 0 Å². The Labute approximate surface area is 112 Å². The normalized spacial score (nSPS) is 10.2. The van der Waals surface area contributed by atoms with Crippen LogP contribution in [0, 0.1) is 0 Å². The Morgan fingerprint density at radius 3 is 2.11 bits per heavy atom. The van der Waals surface area contributed by atoms with Gasteiger partial charge < -0.3 is 10.2 Å². The summed E-state index contributed by atoms with van der Waals surface area (Å²) in [5, 5.41) is 18.7. The summed E-state index contributed by atoms with van der Waals surface area (Å²) < 4.78 is 0. The van der Waals surface area contributed by atoms with Crippen LogP contribution in [0.4, 0.5) is 0 Å². The fourth-order valence-electron chi connectivity index (χ4n) is 1.33. The summed E-state index contributed by atoms with van der Waals surface area (Å²) >= 11 is 0. The predicted octanol–water partition coefficient (Wildman–Crippen LogP) is 3.89. The topological polar surface area (TPSA) is 57.5 Å². The van der Waals surface area contributed by atoms with E-state index in [2.05, 4.69) is 0 Å². The average molecular weight is 278 g/mol. The number of phenolic OH excluding ortho intramolecular Hbond substituents is 1. The minimum atomic E-state index is -0.948. The first-order valence-electron chi connectivity index (χ1n) is 5.13. The maximum atomic E-state index is 11.0. The van der Waals surface area contributed by atoms with Gasteiger partial charge in [0.05, 0.1) is 10.5 Å². The summed E-state index contributed by atoms with van der Waals surface area (Å²) in [5.74, 6) is -0.751. The summed E-state index contributed by atoms with van der Waals surface area (Å²) in [5.41, 5.74) is 0.269. The third kappa shape index (κ3) is 3.00. The standard InChI is InChI=1S/C13H10O3S2/c14-10-6-2-4-8-12(10)18-17-11-7-3-1-5-9(11)13(15)16/h1-8,14H,(H,15,16). The van der Waals surface area contributed by atoms with Crippen LogP contribution in [-0.4, -0.2) is 16.2 Å². The lowest BCUT2D eigenvalue weighted by Gasteiger charge is -2.05. The van der Waals surface area contributed by atoms with E-state index < -0.39 is 5.97 Å². The molecule has 0 saturated carbocycles. The summed E-state index contributed by atoms with van der Waals surface area (Å²) in [6.07, 6.45) is 0. The number of benzene rings is 2. The molecule has 0 aliphatic heterocycles. The predicted molar refractivity (Wildman–Crippen MR) is 73.2 cm³/mol. The van der Waals surface area contributed by atoms with Crippen LogP contribution in [0.15, 0.2) is 58.3 Å². The van der Waals surface area contributed by atoms with E-state index in [4.69, 9.17) is 5.11 Å². The molecule has 0 heterocycles. The maximum absolute atomic E-state index is 11.0. The van der Waals surface area contributed by atoms with Crippen molar-refractivity contribution < 1.29 is 15.0 Å². The molecule has 0 atom stereocenters. The van der Waals surface area contributed by atoms with Gasteiger partial charge in [-0.25, -0.2) is 4.79 Å². The van der Waals surface area contributed by atoms with Crippen LogP contribution >= 0.6 is 21.6 Å². The minimum absolute atomic E-state index is 0.197. The molecule has 18 heavy (non-hydrogen) atoms. The largest absolute Gasteiger partial charge is 0.507 e. The van der Waals surface area contributed by atoms with Crippen LogP contribution in [0.5, 0.6) is 5.75 Å². The second kappa shape index (κ2) is 5.84. The van der Waals surface area contributed by atoms with E-state index in [9.17, 15) is 9.90 Å². The van der Waals surface area contributed by atoms with E-state index in [1.165, 1.54) is 21.6 Å². The lowest BCUT2D eigenvalue weighted by molar-refractivity contribution is 0.0693. The Balaban J connectivity index is 2.16. The molecular formula is C13H10O3S2. The van der Waals surface area contributed by atoms with E-state index in [1.807, 2.05) is 6.07 Å². The van der Waals surface area contributed by atoms with Gasteiger partial charge in [0, 0.05) is 4.90 Å². The first-order valence-corrected chi connectivity index (χ1v) is 7.28. The molecule has 5 heteroatoms. The highest BCUT2D eigenvalue weighted by Crippen LogP contribution is 2.42. The van der Waals surface area contributed by atoms with Gasteiger partial charge in [0.15, 0.2) is 0 Å². The maximum Gasteiger partial charge on any atom is 0.336 e. The van der Waals surface area contributed by atoms with Crippen LogP contribution in [0.2, 0.25) is 0 Å². The molecule has 0 aliphatic rings. The van der Waals surface area contributed by atoms with Crippen LogP contribution in [0.3, 0.4) is 0 Å². The number of carboxylic acid groups (broad SMARTS) is 1. The zero-order chi connectivity index (χ0) is 13.0. The molecule has 0 aromatic heterocycles. The smallest absolute Gasteiger partial charge is 0.336 e. The number of carbonyl (C=O) groups is 1.